The van der Waals surface area contributed by atoms with Gasteiger partial charge in [0.2, 0.25) is 4.96 Å². The third-order valence-electron chi connectivity index (χ3n) is 4.23. The molecular weight excluding hydrogens is 310 g/mol. The van der Waals surface area contributed by atoms with Crippen molar-refractivity contribution < 1.29 is 4.74 Å². The molecule has 120 valence electrons. The van der Waals surface area contributed by atoms with Crippen LogP contribution < -0.4 is 5.32 Å². The molecule has 0 aromatic carbocycles. The zero-order valence-corrected chi connectivity index (χ0v) is 14.0. The molecule has 0 spiro atoms. The van der Waals surface area contributed by atoms with Crippen LogP contribution in [-0.2, 0) is 11.3 Å². The lowest BCUT2D eigenvalue weighted by atomic mass is 10.0. The smallest absolute Gasteiger partial charge is 0.212 e. The Hall–Kier alpha value is -1.83. The van der Waals surface area contributed by atoms with Crippen LogP contribution >= 0.6 is 11.3 Å². The maximum Gasteiger partial charge on any atom is 0.212 e. The van der Waals surface area contributed by atoms with Gasteiger partial charge in [-0.1, -0.05) is 17.4 Å². The lowest BCUT2D eigenvalue weighted by Crippen LogP contribution is -2.32. The minimum Gasteiger partial charge on any atom is -0.372 e. The van der Waals surface area contributed by atoms with Gasteiger partial charge >= 0.3 is 0 Å². The van der Waals surface area contributed by atoms with E-state index >= 15 is 0 Å². The van der Waals surface area contributed by atoms with Gasteiger partial charge in [0.1, 0.15) is 5.01 Å². The average Bonchev–Trinajstić information content (AvgIpc) is 3.21. The van der Waals surface area contributed by atoms with Crippen molar-refractivity contribution in [2.75, 3.05) is 6.61 Å². The van der Waals surface area contributed by atoms with Crippen molar-refractivity contribution in [2.24, 2.45) is 0 Å². The first kappa shape index (κ1) is 14.7. The van der Waals surface area contributed by atoms with Gasteiger partial charge in [0.15, 0.2) is 0 Å². The van der Waals surface area contributed by atoms with Crippen molar-refractivity contribution in [1.82, 2.24) is 24.9 Å². The Kier molecular flexibility index (Phi) is 3.84. The van der Waals surface area contributed by atoms with Crippen molar-refractivity contribution in [3.8, 4) is 0 Å². The Bertz CT molecular complexity index is 813. The minimum absolute atomic E-state index is 0.0598. The Balaban J connectivity index is 1.52. The third-order valence-corrected chi connectivity index (χ3v) is 5.06. The van der Waals surface area contributed by atoms with E-state index in [0.29, 0.717) is 0 Å². The van der Waals surface area contributed by atoms with Crippen LogP contribution in [0.4, 0.5) is 0 Å². The number of nitrogens with zero attached hydrogens (tertiary/aromatic N) is 4. The standard InChI is InChI=1S/C16H19N5OS/c1-10-14(21-16(19-10)23-11(2)20-21)9-18-13-5-7-22-15(13)12-4-3-6-17-8-12/h3-4,6,8,13,15,18H,5,7,9H2,1-2H3/t13-,15+/m0/s1. The van der Waals surface area contributed by atoms with Crippen LogP contribution in [0.25, 0.3) is 4.96 Å². The number of aryl methyl sites for hydroxylation is 2. The van der Waals surface area contributed by atoms with Crippen LogP contribution in [-0.4, -0.2) is 32.2 Å². The molecule has 6 nitrogen and oxygen atoms in total. The quantitative estimate of drug-likeness (QED) is 0.796. The molecule has 3 aromatic heterocycles. The monoisotopic (exact) mass is 329 g/mol. The number of rotatable bonds is 4. The van der Waals surface area contributed by atoms with Gasteiger partial charge in [-0.3, -0.25) is 4.98 Å². The van der Waals surface area contributed by atoms with E-state index in [2.05, 4.69) is 26.4 Å². The second-order valence-corrected chi connectivity index (χ2v) is 6.97. The molecule has 0 saturated carbocycles. The number of ether oxygens (including phenoxy) is 1. The second-order valence-electron chi connectivity index (χ2n) is 5.81. The fraction of sp³-hybridized carbons (Fsp3) is 0.438. The van der Waals surface area contributed by atoms with Crippen LogP contribution in [0.15, 0.2) is 24.5 Å². The number of hydrogen-bond donors (Lipinski definition) is 1. The Labute approximate surface area is 138 Å². The van der Waals surface area contributed by atoms with E-state index in [1.165, 1.54) is 0 Å². The summed E-state index contributed by atoms with van der Waals surface area (Å²) in [4.78, 5) is 9.76. The van der Waals surface area contributed by atoms with Gasteiger partial charge in [0.05, 0.1) is 17.5 Å². The zero-order valence-electron chi connectivity index (χ0n) is 13.2. The van der Waals surface area contributed by atoms with Crippen molar-refractivity contribution >= 4 is 16.3 Å². The molecule has 23 heavy (non-hydrogen) atoms. The number of aromatic nitrogens is 4. The van der Waals surface area contributed by atoms with Gasteiger partial charge in [-0.2, -0.15) is 5.10 Å². The summed E-state index contributed by atoms with van der Waals surface area (Å²) in [6.07, 6.45) is 4.73. The summed E-state index contributed by atoms with van der Waals surface area (Å²) in [5.41, 5.74) is 3.29. The highest BCUT2D eigenvalue weighted by molar-refractivity contribution is 7.16. The third kappa shape index (κ3) is 2.75. The fourth-order valence-corrected chi connectivity index (χ4v) is 3.90. The summed E-state index contributed by atoms with van der Waals surface area (Å²) in [6.45, 7) is 5.56. The summed E-state index contributed by atoms with van der Waals surface area (Å²) >= 11 is 1.62. The van der Waals surface area contributed by atoms with E-state index in [4.69, 9.17) is 4.74 Å². The van der Waals surface area contributed by atoms with Crippen LogP contribution in [0, 0.1) is 13.8 Å². The minimum atomic E-state index is 0.0598. The molecule has 4 rings (SSSR count). The van der Waals surface area contributed by atoms with E-state index in [1.54, 1.807) is 17.5 Å². The molecular formula is C16H19N5OS. The van der Waals surface area contributed by atoms with Gasteiger partial charge in [-0.25, -0.2) is 9.50 Å². The maximum absolute atomic E-state index is 5.90. The van der Waals surface area contributed by atoms with Crippen LogP contribution in [0.5, 0.6) is 0 Å². The van der Waals surface area contributed by atoms with Gasteiger partial charge < -0.3 is 10.1 Å². The number of imidazole rings is 1. The van der Waals surface area contributed by atoms with E-state index < -0.39 is 0 Å². The lowest BCUT2D eigenvalue weighted by Gasteiger charge is -2.19. The topological polar surface area (TPSA) is 64.3 Å². The second kappa shape index (κ2) is 5.99. The summed E-state index contributed by atoms with van der Waals surface area (Å²) < 4.78 is 7.86. The molecule has 2 atom stereocenters. The number of hydrogen-bond acceptors (Lipinski definition) is 6. The molecule has 7 heteroatoms. The highest BCUT2D eigenvalue weighted by atomic mass is 32.1. The molecule has 1 fully saturated rings. The number of pyridine rings is 1. The molecule has 3 aromatic rings. The number of nitrogens with one attached hydrogen (secondary N) is 1. The largest absolute Gasteiger partial charge is 0.372 e. The Morgan fingerprint density at radius 3 is 3.17 bits per heavy atom. The van der Waals surface area contributed by atoms with Crippen molar-refractivity contribution in [3.63, 3.8) is 0 Å². The predicted octanol–water partition coefficient (Wildman–Crippen LogP) is 2.42. The first-order valence-corrected chi connectivity index (χ1v) is 8.60. The maximum atomic E-state index is 5.90. The molecule has 0 amide bonds. The zero-order chi connectivity index (χ0) is 15.8. The number of fused-ring (bicyclic) bond motifs is 1. The molecule has 1 aliphatic rings. The fourth-order valence-electron chi connectivity index (χ4n) is 3.09. The van der Waals surface area contributed by atoms with E-state index in [-0.39, 0.29) is 12.1 Å². The lowest BCUT2D eigenvalue weighted by molar-refractivity contribution is 0.0981. The normalized spacial score (nSPS) is 21.3. The molecule has 0 unspecified atom stereocenters. The van der Waals surface area contributed by atoms with Crippen molar-refractivity contribution in [2.45, 2.75) is 39.0 Å². The van der Waals surface area contributed by atoms with Gasteiger partial charge in [-0.05, 0) is 26.3 Å². The van der Waals surface area contributed by atoms with Crippen LogP contribution in [0.2, 0.25) is 0 Å². The highest BCUT2D eigenvalue weighted by Crippen LogP contribution is 2.29. The SMILES string of the molecule is Cc1nn2c(CN[C@H]3CCO[C@@H]3c3cccnc3)c(C)nc2s1. The van der Waals surface area contributed by atoms with Gasteiger partial charge in [0.25, 0.3) is 0 Å². The van der Waals surface area contributed by atoms with Crippen LogP contribution in [0.3, 0.4) is 0 Å². The van der Waals surface area contributed by atoms with Crippen molar-refractivity contribution in [3.05, 3.63) is 46.5 Å². The summed E-state index contributed by atoms with van der Waals surface area (Å²) in [6, 6.07) is 4.31. The Morgan fingerprint density at radius 1 is 1.43 bits per heavy atom. The molecule has 0 aliphatic carbocycles. The highest BCUT2D eigenvalue weighted by Gasteiger charge is 2.29. The first-order valence-electron chi connectivity index (χ1n) is 7.79. The van der Waals surface area contributed by atoms with E-state index in [9.17, 15) is 0 Å². The van der Waals surface area contributed by atoms with Crippen molar-refractivity contribution in [1.29, 1.82) is 0 Å². The van der Waals surface area contributed by atoms with Gasteiger partial charge in [-0.15, -0.1) is 0 Å². The molecule has 1 aliphatic heterocycles. The van der Waals surface area contributed by atoms with Gasteiger partial charge in [0, 0.05) is 37.2 Å². The molecule has 0 bridgehead atoms. The summed E-state index contributed by atoms with van der Waals surface area (Å²) in [7, 11) is 0. The van der Waals surface area contributed by atoms with E-state index in [1.807, 2.05) is 30.6 Å². The molecule has 0 radical (unpaired) electrons. The molecule has 1 N–H and O–H groups in total. The predicted molar refractivity (Wildman–Crippen MR) is 88.5 cm³/mol. The Morgan fingerprint density at radius 2 is 2.35 bits per heavy atom. The summed E-state index contributed by atoms with van der Waals surface area (Å²) in [5.74, 6) is 0. The summed E-state index contributed by atoms with van der Waals surface area (Å²) in [5, 5.41) is 9.21. The van der Waals surface area contributed by atoms with Crippen LogP contribution in [0.1, 0.15) is 34.5 Å². The first-order chi connectivity index (χ1) is 11.2. The average molecular weight is 329 g/mol. The molecule has 4 heterocycles. The molecule has 1 saturated heterocycles. The van der Waals surface area contributed by atoms with E-state index in [0.717, 1.165) is 46.5 Å².